The summed E-state index contributed by atoms with van der Waals surface area (Å²) in [6.07, 6.45) is 0. The van der Waals surface area contributed by atoms with Crippen LogP contribution in [0.1, 0.15) is 15.9 Å². The number of benzene rings is 2. The zero-order valence-corrected chi connectivity index (χ0v) is 17.9. The number of rotatable bonds is 4. The number of nitrogens with one attached hydrogen (secondary N) is 1. The highest BCUT2D eigenvalue weighted by molar-refractivity contribution is 7.71. The molecule has 2 aromatic carbocycles. The molecule has 0 radical (unpaired) electrons. The quantitative estimate of drug-likeness (QED) is 0.612. The molecule has 0 saturated carbocycles. The van der Waals surface area contributed by atoms with Crippen LogP contribution < -0.4 is 0 Å². The minimum absolute atomic E-state index is 0.0564. The number of nitrogens with zero attached hydrogens (tertiary/aromatic N) is 4. The lowest BCUT2D eigenvalue weighted by atomic mass is 10.1. The monoisotopic (exact) mass is 437 g/mol. The van der Waals surface area contributed by atoms with Gasteiger partial charge in [0.15, 0.2) is 10.6 Å². The minimum atomic E-state index is -0.151. The fourth-order valence-electron chi connectivity index (χ4n) is 3.68. The first-order valence-electron chi connectivity index (χ1n) is 10.0. The number of hydrogen-bond donors (Lipinski definition) is 2. The predicted molar refractivity (Wildman–Crippen MR) is 118 cm³/mol. The van der Waals surface area contributed by atoms with Crippen molar-refractivity contribution in [2.75, 3.05) is 26.2 Å². The third kappa shape index (κ3) is 4.51. The maximum atomic E-state index is 12.9. The zero-order valence-electron chi connectivity index (χ0n) is 17.1. The first-order chi connectivity index (χ1) is 14.9. The molecule has 1 saturated heterocycles. The molecule has 0 unspecified atom stereocenters. The maximum Gasteiger partial charge on any atom is 0.254 e. The van der Waals surface area contributed by atoms with Crippen LogP contribution in [-0.4, -0.2) is 67.7 Å². The van der Waals surface area contributed by atoms with E-state index in [0.29, 0.717) is 42.3 Å². The minimum Gasteiger partial charge on any atom is -0.508 e. The van der Waals surface area contributed by atoms with Gasteiger partial charge in [-0.25, -0.2) is 0 Å². The number of aromatic nitrogens is 3. The lowest BCUT2D eigenvalue weighted by Gasteiger charge is -2.35. The number of H-pyrrole nitrogens is 1. The average molecular weight is 438 g/mol. The molecule has 3 aromatic rings. The van der Waals surface area contributed by atoms with Gasteiger partial charge < -0.3 is 14.9 Å². The topological polar surface area (TPSA) is 94.5 Å². The molecule has 31 heavy (non-hydrogen) atoms. The van der Waals surface area contributed by atoms with Crippen LogP contribution in [0.25, 0.3) is 11.4 Å². The summed E-state index contributed by atoms with van der Waals surface area (Å²) >= 11 is 5.34. The van der Waals surface area contributed by atoms with Crippen molar-refractivity contribution in [2.45, 2.75) is 13.5 Å². The Kier molecular flexibility index (Phi) is 5.85. The van der Waals surface area contributed by atoms with Gasteiger partial charge in [0, 0.05) is 37.3 Å². The molecule has 8 nitrogen and oxygen atoms in total. The van der Waals surface area contributed by atoms with Crippen LogP contribution in [0.5, 0.6) is 5.75 Å². The molecule has 1 aliphatic heterocycles. The summed E-state index contributed by atoms with van der Waals surface area (Å²) < 4.78 is 2.10. The van der Waals surface area contributed by atoms with E-state index in [4.69, 9.17) is 12.2 Å². The second-order valence-electron chi connectivity index (χ2n) is 7.53. The van der Waals surface area contributed by atoms with Gasteiger partial charge in [0.1, 0.15) is 12.3 Å². The first kappa shape index (κ1) is 20.8. The summed E-state index contributed by atoms with van der Waals surface area (Å²) in [6, 6.07) is 14.2. The lowest BCUT2D eigenvalue weighted by molar-refractivity contribution is -0.133. The molecule has 2 N–H and O–H groups in total. The molecule has 1 fully saturated rings. The van der Waals surface area contributed by atoms with Gasteiger partial charge in [0.05, 0.1) is 0 Å². The highest BCUT2D eigenvalue weighted by Crippen LogP contribution is 2.19. The normalized spacial score (nSPS) is 14.0. The molecule has 1 aliphatic rings. The van der Waals surface area contributed by atoms with Gasteiger partial charge in [-0.05, 0) is 43.4 Å². The Hall–Kier alpha value is -3.46. The molecule has 2 amide bonds. The molecule has 1 aromatic heterocycles. The Labute approximate surface area is 184 Å². The number of hydrogen-bond acceptors (Lipinski definition) is 5. The maximum absolute atomic E-state index is 12.9. The molecular formula is C22H23N5O3S. The van der Waals surface area contributed by atoms with Gasteiger partial charge in [0.25, 0.3) is 5.91 Å². The SMILES string of the molecule is Cc1cccc(-c2n[nH]c(=S)n2CC(=O)N2CCN(C(=O)c3cccc(O)c3)CC2)c1. The van der Waals surface area contributed by atoms with Crippen molar-refractivity contribution in [3.05, 3.63) is 64.4 Å². The number of carbonyl (C=O) groups is 2. The molecule has 4 rings (SSSR count). The number of amides is 2. The highest BCUT2D eigenvalue weighted by Gasteiger charge is 2.26. The second-order valence-corrected chi connectivity index (χ2v) is 7.92. The van der Waals surface area contributed by atoms with E-state index < -0.39 is 0 Å². The van der Waals surface area contributed by atoms with E-state index in [0.717, 1.165) is 11.1 Å². The molecule has 160 valence electrons. The summed E-state index contributed by atoms with van der Waals surface area (Å²) in [7, 11) is 0. The third-order valence-corrected chi connectivity index (χ3v) is 5.65. The first-order valence-corrected chi connectivity index (χ1v) is 10.4. The van der Waals surface area contributed by atoms with E-state index in [1.807, 2.05) is 31.2 Å². The van der Waals surface area contributed by atoms with E-state index in [-0.39, 0.29) is 24.1 Å². The number of piperazine rings is 1. The molecule has 0 bridgehead atoms. The van der Waals surface area contributed by atoms with Crippen LogP contribution in [0.2, 0.25) is 0 Å². The Morgan fingerprint density at radius 2 is 1.77 bits per heavy atom. The van der Waals surface area contributed by atoms with Crippen LogP contribution in [-0.2, 0) is 11.3 Å². The van der Waals surface area contributed by atoms with Gasteiger partial charge in [-0.2, -0.15) is 5.10 Å². The van der Waals surface area contributed by atoms with Crippen molar-refractivity contribution in [2.24, 2.45) is 0 Å². The van der Waals surface area contributed by atoms with Crippen molar-refractivity contribution in [3.8, 4) is 17.1 Å². The van der Waals surface area contributed by atoms with Gasteiger partial charge in [0.2, 0.25) is 5.91 Å². The van der Waals surface area contributed by atoms with Gasteiger partial charge in [-0.1, -0.05) is 29.8 Å². The Balaban J connectivity index is 1.42. The molecular weight excluding hydrogens is 414 g/mol. The highest BCUT2D eigenvalue weighted by atomic mass is 32.1. The summed E-state index contributed by atoms with van der Waals surface area (Å²) in [4.78, 5) is 29.0. The van der Waals surface area contributed by atoms with Gasteiger partial charge >= 0.3 is 0 Å². The smallest absolute Gasteiger partial charge is 0.254 e. The Morgan fingerprint density at radius 1 is 1.06 bits per heavy atom. The van der Waals surface area contributed by atoms with E-state index in [9.17, 15) is 14.7 Å². The van der Waals surface area contributed by atoms with Crippen LogP contribution in [0, 0.1) is 11.7 Å². The number of aryl methyl sites for hydroxylation is 1. The fraction of sp³-hybridized carbons (Fsp3) is 0.273. The predicted octanol–water partition coefficient (Wildman–Crippen LogP) is 2.61. The summed E-state index contributed by atoms with van der Waals surface area (Å²) in [5, 5.41) is 16.7. The molecule has 0 atom stereocenters. The van der Waals surface area contributed by atoms with E-state index in [1.54, 1.807) is 26.5 Å². The van der Waals surface area contributed by atoms with Crippen LogP contribution in [0.15, 0.2) is 48.5 Å². The summed E-state index contributed by atoms with van der Waals surface area (Å²) in [6.45, 7) is 3.82. The fourth-order valence-corrected chi connectivity index (χ4v) is 3.88. The van der Waals surface area contributed by atoms with Gasteiger partial charge in [-0.15, -0.1) is 0 Å². The van der Waals surface area contributed by atoms with Crippen molar-refractivity contribution < 1.29 is 14.7 Å². The average Bonchev–Trinajstić information content (AvgIpc) is 3.13. The lowest BCUT2D eigenvalue weighted by Crippen LogP contribution is -2.51. The van der Waals surface area contributed by atoms with Gasteiger partial charge in [-0.3, -0.25) is 19.3 Å². The number of phenols is 1. The summed E-state index contributed by atoms with van der Waals surface area (Å²) in [5.41, 5.74) is 2.42. The van der Waals surface area contributed by atoms with Crippen molar-refractivity contribution >= 4 is 24.0 Å². The zero-order chi connectivity index (χ0) is 22.0. The summed E-state index contributed by atoms with van der Waals surface area (Å²) in [5.74, 6) is 0.457. The van der Waals surface area contributed by atoms with Crippen molar-refractivity contribution in [1.82, 2.24) is 24.6 Å². The van der Waals surface area contributed by atoms with Crippen molar-refractivity contribution in [1.29, 1.82) is 0 Å². The van der Waals surface area contributed by atoms with Crippen molar-refractivity contribution in [3.63, 3.8) is 0 Å². The van der Waals surface area contributed by atoms with E-state index in [1.165, 1.54) is 12.1 Å². The number of phenolic OH excluding ortho intramolecular Hbond substituents is 1. The molecule has 0 spiro atoms. The molecule has 2 heterocycles. The van der Waals surface area contributed by atoms with E-state index >= 15 is 0 Å². The van der Waals surface area contributed by atoms with E-state index in [2.05, 4.69) is 10.2 Å². The largest absolute Gasteiger partial charge is 0.508 e. The van der Waals surface area contributed by atoms with Crippen LogP contribution in [0.3, 0.4) is 0 Å². The molecule has 9 heteroatoms. The Bertz CT molecular complexity index is 1180. The molecule has 0 aliphatic carbocycles. The Morgan fingerprint density at radius 3 is 2.48 bits per heavy atom. The second kappa shape index (κ2) is 8.73. The number of carbonyl (C=O) groups excluding carboxylic acids is 2. The standard InChI is InChI=1S/C22H23N5O3S/c1-15-4-2-5-16(12-15)20-23-24-22(31)27(20)14-19(29)25-8-10-26(11-9-25)21(30)17-6-3-7-18(28)13-17/h2-7,12-13,28H,8-11,14H2,1H3,(H,24,31). The number of aromatic hydroxyl groups is 1. The van der Waals surface area contributed by atoms with Crippen LogP contribution >= 0.6 is 12.2 Å². The third-order valence-electron chi connectivity index (χ3n) is 5.34. The number of aromatic amines is 1. The van der Waals surface area contributed by atoms with Crippen LogP contribution in [0.4, 0.5) is 0 Å².